The number of hydrogen-bond donors (Lipinski definition) is 1. The molecule has 32 heavy (non-hydrogen) atoms. The molecule has 0 bridgehead atoms. The molecule has 5 rings (SSSR count). The minimum Gasteiger partial charge on any atom is -0.325 e. The fourth-order valence-corrected chi connectivity index (χ4v) is 4.48. The third kappa shape index (κ3) is 3.52. The molecule has 9 heteroatoms. The number of carbonyl (C=O) groups is 1. The van der Waals surface area contributed by atoms with Gasteiger partial charge in [-0.2, -0.15) is 10.1 Å². The summed E-state index contributed by atoms with van der Waals surface area (Å²) in [5.41, 5.74) is 3.81. The minimum atomic E-state index is -0.543. The van der Waals surface area contributed by atoms with Crippen LogP contribution < -0.4 is 10.2 Å². The van der Waals surface area contributed by atoms with Gasteiger partial charge in [0.25, 0.3) is 0 Å². The summed E-state index contributed by atoms with van der Waals surface area (Å²) in [5.74, 6) is -0.142. The van der Waals surface area contributed by atoms with Crippen LogP contribution in [-0.4, -0.2) is 37.2 Å². The molecule has 8 nitrogen and oxygen atoms in total. The predicted molar refractivity (Wildman–Crippen MR) is 127 cm³/mol. The summed E-state index contributed by atoms with van der Waals surface area (Å²) < 4.78 is 2.79. The van der Waals surface area contributed by atoms with Gasteiger partial charge in [0.1, 0.15) is 5.92 Å². The molecule has 162 valence electrons. The Morgan fingerprint density at radius 1 is 1.22 bits per heavy atom. The molecule has 1 aliphatic rings. The van der Waals surface area contributed by atoms with Crippen molar-refractivity contribution in [3.8, 4) is 0 Å². The summed E-state index contributed by atoms with van der Waals surface area (Å²) in [5, 5.41) is 8.47. The first-order valence-corrected chi connectivity index (χ1v) is 11.4. The summed E-state index contributed by atoms with van der Waals surface area (Å²) in [6, 6.07) is 9.65. The van der Waals surface area contributed by atoms with E-state index in [4.69, 9.17) is 9.97 Å². The molecule has 0 radical (unpaired) electrons. The van der Waals surface area contributed by atoms with Crippen molar-refractivity contribution in [1.29, 1.82) is 0 Å². The SMILES string of the molecule is CCCn1cc2c(C3C(=O)Nc4ccc(Br)cc43)nc(N(CC)c3cccnc3)nc2n1. The van der Waals surface area contributed by atoms with Gasteiger partial charge in [-0.15, -0.1) is 0 Å². The first-order valence-electron chi connectivity index (χ1n) is 10.6. The Balaban J connectivity index is 1.73. The molecule has 0 aliphatic carbocycles. The minimum absolute atomic E-state index is 0.100. The monoisotopic (exact) mass is 491 g/mol. The van der Waals surface area contributed by atoms with E-state index in [9.17, 15) is 4.79 Å². The van der Waals surface area contributed by atoms with Gasteiger partial charge in [-0.3, -0.25) is 14.5 Å². The molecular formula is C23H22BrN7O. The Labute approximate surface area is 193 Å². The van der Waals surface area contributed by atoms with Crippen LogP contribution in [0.25, 0.3) is 11.0 Å². The molecule has 1 amide bonds. The second-order valence-electron chi connectivity index (χ2n) is 7.65. The number of nitrogens with one attached hydrogen (secondary N) is 1. The number of fused-ring (bicyclic) bond motifs is 2. The highest BCUT2D eigenvalue weighted by molar-refractivity contribution is 9.10. The molecule has 1 aromatic carbocycles. The van der Waals surface area contributed by atoms with Crippen LogP contribution in [0.5, 0.6) is 0 Å². The molecular weight excluding hydrogens is 470 g/mol. The lowest BCUT2D eigenvalue weighted by molar-refractivity contribution is -0.116. The van der Waals surface area contributed by atoms with Gasteiger partial charge < -0.3 is 10.2 Å². The summed E-state index contributed by atoms with van der Waals surface area (Å²) >= 11 is 3.54. The highest BCUT2D eigenvalue weighted by Crippen LogP contribution is 2.40. The number of rotatable bonds is 6. The number of aryl methyl sites for hydroxylation is 1. The first kappa shape index (κ1) is 20.6. The first-order chi connectivity index (χ1) is 15.6. The molecule has 0 spiro atoms. The highest BCUT2D eigenvalue weighted by atomic mass is 79.9. The maximum Gasteiger partial charge on any atom is 0.238 e. The van der Waals surface area contributed by atoms with E-state index < -0.39 is 5.92 Å². The number of benzene rings is 1. The van der Waals surface area contributed by atoms with Crippen molar-refractivity contribution in [1.82, 2.24) is 24.7 Å². The Bertz CT molecular complexity index is 1300. The van der Waals surface area contributed by atoms with Crippen molar-refractivity contribution in [2.24, 2.45) is 0 Å². The molecule has 3 aromatic heterocycles. The van der Waals surface area contributed by atoms with Crippen molar-refractivity contribution in [3.05, 3.63) is 64.7 Å². The number of pyridine rings is 1. The van der Waals surface area contributed by atoms with Gasteiger partial charge in [-0.1, -0.05) is 22.9 Å². The average molecular weight is 492 g/mol. The summed E-state index contributed by atoms with van der Waals surface area (Å²) in [4.78, 5) is 29.0. The highest BCUT2D eigenvalue weighted by Gasteiger charge is 2.36. The lowest BCUT2D eigenvalue weighted by Gasteiger charge is -2.21. The summed E-state index contributed by atoms with van der Waals surface area (Å²) in [7, 11) is 0. The normalized spacial score (nSPS) is 15.1. The Hall–Kier alpha value is -3.33. The largest absolute Gasteiger partial charge is 0.325 e. The van der Waals surface area contributed by atoms with Gasteiger partial charge in [-0.25, -0.2) is 4.98 Å². The third-order valence-corrected chi connectivity index (χ3v) is 6.02. The number of hydrogen-bond acceptors (Lipinski definition) is 6. The van der Waals surface area contributed by atoms with Crippen LogP contribution in [-0.2, 0) is 11.3 Å². The zero-order valence-corrected chi connectivity index (χ0v) is 19.4. The molecule has 0 saturated carbocycles. The number of carbonyl (C=O) groups excluding carboxylic acids is 1. The van der Waals surface area contributed by atoms with Gasteiger partial charge in [0.05, 0.1) is 23.0 Å². The van der Waals surface area contributed by atoms with Gasteiger partial charge in [0.2, 0.25) is 11.9 Å². The summed E-state index contributed by atoms with van der Waals surface area (Å²) in [6.07, 6.45) is 6.40. The Morgan fingerprint density at radius 2 is 2.09 bits per heavy atom. The van der Waals surface area contributed by atoms with Crippen molar-refractivity contribution in [2.45, 2.75) is 32.7 Å². The van der Waals surface area contributed by atoms with E-state index in [0.29, 0.717) is 23.8 Å². The standard InChI is InChI=1S/C23H22BrN7O/c1-3-10-30-13-17-20(19-16-11-14(24)7-8-18(16)26-22(19)32)27-23(28-21(17)29-30)31(4-2)15-6-5-9-25-12-15/h5-9,11-13,19H,3-4,10H2,1-2H3,(H,26,32). The topological polar surface area (TPSA) is 88.8 Å². The maximum absolute atomic E-state index is 13.1. The van der Waals surface area contributed by atoms with Crippen LogP contribution >= 0.6 is 15.9 Å². The molecule has 0 fully saturated rings. The van der Waals surface area contributed by atoms with E-state index in [1.54, 1.807) is 12.4 Å². The lowest BCUT2D eigenvalue weighted by Crippen LogP contribution is -2.21. The molecule has 1 aliphatic heterocycles. The zero-order chi connectivity index (χ0) is 22.2. The quantitative estimate of drug-likeness (QED) is 0.422. The molecule has 1 unspecified atom stereocenters. The lowest BCUT2D eigenvalue weighted by atomic mass is 9.95. The average Bonchev–Trinajstić information content (AvgIpc) is 3.34. The fourth-order valence-electron chi connectivity index (χ4n) is 4.10. The van der Waals surface area contributed by atoms with Gasteiger partial charge in [0.15, 0.2) is 5.65 Å². The van der Waals surface area contributed by atoms with E-state index >= 15 is 0 Å². The van der Waals surface area contributed by atoms with Gasteiger partial charge in [-0.05, 0) is 49.2 Å². The maximum atomic E-state index is 13.1. The molecule has 4 aromatic rings. The van der Waals surface area contributed by atoms with E-state index in [1.165, 1.54) is 0 Å². The number of amides is 1. The van der Waals surface area contributed by atoms with Crippen LogP contribution in [0.15, 0.2) is 53.4 Å². The van der Waals surface area contributed by atoms with Gasteiger partial charge >= 0.3 is 0 Å². The zero-order valence-electron chi connectivity index (χ0n) is 17.8. The van der Waals surface area contributed by atoms with E-state index in [2.05, 4.69) is 38.3 Å². The van der Waals surface area contributed by atoms with Crippen LogP contribution in [0.2, 0.25) is 0 Å². The van der Waals surface area contributed by atoms with Gasteiger partial charge in [0, 0.05) is 35.6 Å². The Kier molecular flexibility index (Phi) is 5.34. The second-order valence-corrected chi connectivity index (χ2v) is 8.56. The second kappa shape index (κ2) is 8.31. The number of aromatic nitrogens is 5. The molecule has 0 saturated heterocycles. The Morgan fingerprint density at radius 3 is 2.84 bits per heavy atom. The predicted octanol–water partition coefficient (Wildman–Crippen LogP) is 4.64. The van der Waals surface area contributed by atoms with E-state index in [1.807, 2.05) is 53.0 Å². The van der Waals surface area contributed by atoms with Crippen molar-refractivity contribution in [3.63, 3.8) is 0 Å². The van der Waals surface area contributed by atoms with Crippen LogP contribution in [0, 0.1) is 0 Å². The van der Waals surface area contributed by atoms with Crippen molar-refractivity contribution < 1.29 is 4.79 Å². The van der Waals surface area contributed by atoms with E-state index in [0.717, 1.165) is 39.8 Å². The smallest absolute Gasteiger partial charge is 0.238 e. The summed E-state index contributed by atoms with van der Waals surface area (Å²) in [6.45, 7) is 5.55. The van der Waals surface area contributed by atoms with Crippen LogP contribution in [0.3, 0.4) is 0 Å². The van der Waals surface area contributed by atoms with Crippen molar-refractivity contribution >= 4 is 50.2 Å². The third-order valence-electron chi connectivity index (χ3n) is 5.53. The van der Waals surface area contributed by atoms with E-state index in [-0.39, 0.29) is 5.91 Å². The molecule has 1 N–H and O–H groups in total. The molecule has 1 atom stereocenters. The molecule has 4 heterocycles. The van der Waals surface area contributed by atoms with Crippen molar-refractivity contribution in [2.75, 3.05) is 16.8 Å². The number of halogens is 1. The van der Waals surface area contributed by atoms with Crippen LogP contribution in [0.4, 0.5) is 17.3 Å². The van der Waals surface area contributed by atoms with Crippen LogP contribution in [0.1, 0.15) is 37.4 Å². The fraction of sp³-hybridized carbons (Fsp3) is 0.261. The number of anilines is 3. The number of nitrogens with zero attached hydrogens (tertiary/aromatic N) is 6.